The molecule has 2 fully saturated rings. The fraction of sp³-hybridized carbons (Fsp3) is 0.500. The third kappa shape index (κ3) is 4.82. The highest BCUT2D eigenvalue weighted by Gasteiger charge is 2.49. The van der Waals surface area contributed by atoms with E-state index in [1.165, 1.54) is 11.1 Å². The van der Waals surface area contributed by atoms with Gasteiger partial charge in [0.15, 0.2) is 0 Å². The number of nitrogen functional groups attached to an aromatic ring is 1. The third-order valence-corrected chi connectivity index (χ3v) is 10.9. The summed E-state index contributed by atoms with van der Waals surface area (Å²) < 4.78 is 11.9. The van der Waals surface area contributed by atoms with E-state index >= 15 is 0 Å². The van der Waals surface area contributed by atoms with Gasteiger partial charge in [0.1, 0.15) is 10.8 Å². The summed E-state index contributed by atoms with van der Waals surface area (Å²) in [5, 5.41) is 15.7. The molecular formula is C28H35N7OS2. The molecule has 8 nitrogen and oxygen atoms in total. The Kier molecular flexibility index (Phi) is 6.68. The second-order valence-electron chi connectivity index (χ2n) is 11.6. The number of pyridine rings is 1. The van der Waals surface area contributed by atoms with Crippen molar-refractivity contribution in [3.05, 3.63) is 59.4 Å². The Morgan fingerprint density at radius 1 is 1.13 bits per heavy atom. The Balaban J connectivity index is 1.16. The van der Waals surface area contributed by atoms with Crippen LogP contribution in [0.3, 0.4) is 0 Å². The number of hydrogen-bond acceptors (Lipinski definition) is 8. The topological polar surface area (TPSA) is 124 Å². The van der Waals surface area contributed by atoms with Gasteiger partial charge in [-0.05, 0) is 86.8 Å². The van der Waals surface area contributed by atoms with E-state index in [9.17, 15) is 4.21 Å². The number of aromatic nitrogens is 4. The second kappa shape index (κ2) is 9.88. The van der Waals surface area contributed by atoms with Crippen LogP contribution in [-0.2, 0) is 17.4 Å². The van der Waals surface area contributed by atoms with Crippen molar-refractivity contribution in [1.82, 2.24) is 20.2 Å². The molecule has 0 radical (unpaired) electrons. The lowest BCUT2D eigenvalue weighted by Gasteiger charge is -2.45. The van der Waals surface area contributed by atoms with Crippen molar-refractivity contribution in [2.45, 2.75) is 78.9 Å². The Morgan fingerprint density at radius 3 is 2.58 bits per heavy atom. The molecule has 10 heteroatoms. The smallest absolute Gasteiger partial charge is 0.245 e. The molecule has 38 heavy (non-hydrogen) atoms. The SMILES string of the molecule is CC(C)(C[C@@H]1c2ccccc2CC12CCN(c1ncc(Sc3ccnc(N)c3C3CC3)nn1)CC2)S(N)=O. The van der Waals surface area contributed by atoms with E-state index in [1.807, 2.05) is 26.1 Å². The second-order valence-corrected chi connectivity index (χ2v) is 14.4. The third-order valence-electron chi connectivity index (χ3n) is 8.70. The maximum absolute atomic E-state index is 12.3. The van der Waals surface area contributed by atoms with Crippen LogP contribution >= 0.6 is 11.8 Å². The van der Waals surface area contributed by atoms with Crippen molar-refractivity contribution in [3.63, 3.8) is 0 Å². The first-order chi connectivity index (χ1) is 18.3. The maximum Gasteiger partial charge on any atom is 0.245 e. The predicted molar refractivity (Wildman–Crippen MR) is 152 cm³/mol. The van der Waals surface area contributed by atoms with Gasteiger partial charge in [0.25, 0.3) is 0 Å². The van der Waals surface area contributed by atoms with Crippen LogP contribution in [0.15, 0.2) is 52.6 Å². The van der Waals surface area contributed by atoms with Crippen molar-refractivity contribution >= 4 is 34.5 Å². The van der Waals surface area contributed by atoms with Crippen LogP contribution in [0.4, 0.5) is 11.8 Å². The molecule has 2 atom stereocenters. The molecule has 0 amide bonds. The standard InChI is InChI=1S/C28H35N7OS2/c1-27(2,38(30)36)16-21-20-6-4-3-5-19(20)15-28(21)10-13-35(14-11-28)26-32-17-23(33-34-26)37-22-9-12-31-25(29)24(22)18-7-8-18/h3-6,9,12,17-18,21H,7-8,10-11,13-16,30H2,1-2H3,(H2,29,31)/t21-,38?/m1/s1. The molecule has 1 spiro atoms. The van der Waals surface area contributed by atoms with Crippen LogP contribution in [0.5, 0.6) is 0 Å². The summed E-state index contributed by atoms with van der Waals surface area (Å²) in [6, 6.07) is 10.8. The Bertz CT molecular complexity index is 1350. The Labute approximate surface area is 231 Å². The predicted octanol–water partition coefficient (Wildman–Crippen LogP) is 4.60. The van der Waals surface area contributed by atoms with Crippen molar-refractivity contribution < 1.29 is 4.21 Å². The number of piperidine rings is 1. The highest BCUT2D eigenvalue weighted by atomic mass is 32.2. The van der Waals surface area contributed by atoms with Crippen molar-refractivity contribution in [2.75, 3.05) is 23.7 Å². The highest BCUT2D eigenvalue weighted by Crippen LogP contribution is 2.56. The monoisotopic (exact) mass is 549 g/mol. The van der Waals surface area contributed by atoms with Gasteiger partial charge in [-0.2, -0.15) is 0 Å². The molecule has 1 saturated heterocycles. The lowest BCUT2D eigenvalue weighted by molar-refractivity contribution is 0.170. The molecule has 1 unspecified atom stereocenters. The maximum atomic E-state index is 12.3. The summed E-state index contributed by atoms with van der Waals surface area (Å²) in [5.41, 5.74) is 10.3. The van der Waals surface area contributed by atoms with Crippen LogP contribution in [0, 0.1) is 5.41 Å². The van der Waals surface area contributed by atoms with Crippen molar-refractivity contribution in [3.8, 4) is 0 Å². The number of nitrogens with zero attached hydrogens (tertiary/aromatic N) is 5. The average molecular weight is 550 g/mol. The van der Waals surface area contributed by atoms with E-state index in [0.29, 0.717) is 23.6 Å². The van der Waals surface area contributed by atoms with Gasteiger partial charge in [0.2, 0.25) is 5.95 Å². The molecule has 4 N–H and O–H groups in total. The zero-order valence-electron chi connectivity index (χ0n) is 22.0. The lowest BCUT2D eigenvalue weighted by atomic mass is 9.67. The fourth-order valence-corrected chi connectivity index (χ4v) is 7.60. The summed E-state index contributed by atoms with van der Waals surface area (Å²) in [4.78, 5) is 12.3. The van der Waals surface area contributed by atoms with Crippen LogP contribution < -0.4 is 15.8 Å². The Morgan fingerprint density at radius 2 is 1.89 bits per heavy atom. The number of fused-ring (bicyclic) bond motifs is 1. The summed E-state index contributed by atoms with van der Waals surface area (Å²) in [6.07, 6.45) is 9.83. The first kappa shape index (κ1) is 25.7. The normalized spacial score (nSPS) is 21.4. The number of benzene rings is 1. The molecule has 2 aromatic heterocycles. The fourth-order valence-electron chi connectivity index (χ4n) is 6.35. The van der Waals surface area contributed by atoms with Gasteiger partial charge >= 0.3 is 0 Å². The number of anilines is 2. The van der Waals surface area contributed by atoms with Gasteiger partial charge in [-0.3, -0.25) is 5.14 Å². The first-order valence-electron chi connectivity index (χ1n) is 13.4. The lowest BCUT2D eigenvalue weighted by Crippen LogP contribution is -2.45. The highest BCUT2D eigenvalue weighted by molar-refractivity contribution is 7.99. The van der Waals surface area contributed by atoms with Crippen molar-refractivity contribution in [2.24, 2.45) is 10.6 Å². The van der Waals surface area contributed by atoms with Crippen LogP contribution in [-0.4, -0.2) is 42.2 Å². The van der Waals surface area contributed by atoms with Gasteiger partial charge in [0, 0.05) is 29.7 Å². The van der Waals surface area contributed by atoms with Crippen LogP contribution in [0.2, 0.25) is 0 Å². The van der Waals surface area contributed by atoms with Crippen molar-refractivity contribution in [1.29, 1.82) is 0 Å². The zero-order chi connectivity index (χ0) is 26.5. The quantitative estimate of drug-likeness (QED) is 0.438. The molecule has 3 aromatic rings. The molecule has 1 aromatic carbocycles. The summed E-state index contributed by atoms with van der Waals surface area (Å²) >= 11 is 1.56. The minimum Gasteiger partial charge on any atom is -0.383 e. The van der Waals surface area contributed by atoms with E-state index in [1.54, 1.807) is 18.0 Å². The summed E-state index contributed by atoms with van der Waals surface area (Å²) in [7, 11) is -1.38. The molecule has 1 saturated carbocycles. The van der Waals surface area contributed by atoms with E-state index < -0.39 is 15.7 Å². The summed E-state index contributed by atoms with van der Waals surface area (Å²) in [5.74, 6) is 2.14. The minimum absolute atomic E-state index is 0.139. The van der Waals surface area contributed by atoms with Gasteiger partial charge in [-0.25, -0.2) is 14.2 Å². The average Bonchev–Trinajstić information content (AvgIpc) is 3.70. The number of hydrogen-bond donors (Lipinski definition) is 2. The first-order valence-corrected chi connectivity index (χ1v) is 15.4. The molecule has 200 valence electrons. The zero-order valence-corrected chi connectivity index (χ0v) is 23.6. The Hall–Kier alpha value is -2.56. The van der Waals surface area contributed by atoms with E-state index in [2.05, 4.69) is 44.3 Å². The van der Waals surface area contributed by atoms with Crippen LogP contribution in [0.1, 0.15) is 74.5 Å². The molecular weight excluding hydrogens is 514 g/mol. The molecule has 1 aliphatic heterocycles. The van der Waals surface area contributed by atoms with Gasteiger partial charge < -0.3 is 10.6 Å². The molecule has 2 aliphatic carbocycles. The summed E-state index contributed by atoms with van der Waals surface area (Å²) in [6.45, 7) is 5.80. The number of nitrogens with two attached hydrogens (primary N) is 2. The molecule has 0 bridgehead atoms. The van der Waals surface area contributed by atoms with Crippen LogP contribution in [0.25, 0.3) is 0 Å². The van der Waals surface area contributed by atoms with E-state index in [4.69, 9.17) is 15.9 Å². The van der Waals surface area contributed by atoms with Gasteiger partial charge in [-0.15, -0.1) is 10.2 Å². The van der Waals surface area contributed by atoms with E-state index in [-0.39, 0.29) is 5.41 Å². The van der Waals surface area contributed by atoms with Gasteiger partial charge in [0.05, 0.1) is 21.9 Å². The van der Waals surface area contributed by atoms with Gasteiger partial charge in [-0.1, -0.05) is 36.0 Å². The molecule has 3 aliphatic rings. The number of rotatable bonds is 7. The molecule has 3 heterocycles. The van der Waals surface area contributed by atoms with E-state index in [0.717, 1.165) is 67.1 Å². The largest absolute Gasteiger partial charge is 0.383 e. The molecule has 6 rings (SSSR count). The minimum atomic E-state index is -1.38.